The molecular weight excluding hydrogens is 158 g/mol. The van der Waals surface area contributed by atoms with Gasteiger partial charge < -0.3 is 5.32 Å². The molecule has 1 atom stereocenters. The zero-order valence-corrected chi connectivity index (χ0v) is 8.33. The van der Waals surface area contributed by atoms with Crippen LogP contribution < -0.4 is 5.32 Å². The summed E-state index contributed by atoms with van der Waals surface area (Å²) in [6.45, 7) is 4.74. The van der Waals surface area contributed by atoms with E-state index in [4.69, 9.17) is 0 Å². The van der Waals surface area contributed by atoms with Gasteiger partial charge in [0, 0.05) is 19.6 Å². The van der Waals surface area contributed by atoms with Crippen LogP contribution in [0, 0.1) is 5.92 Å². The third-order valence-corrected chi connectivity index (χ3v) is 2.32. The van der Waals surface area contributed by atoms with Gasteiger partial charge in [-0.1, -0.05) is 6.92 Å². The molecule has 0 aromatic heterocycles. The van der Waals surface area contributed by atoms with Crippen LogP contribution in [0.15, 0.2) is 0 Å². The first-order chi connectivity index (χ1) is 5.26. The number of hydrogen-bond donors (Lipinski definition) is 1. The van der Waals surface area contributed by atoms with Gasteiger partial charge >= 0.3 is 0 Å². The van der Waals surface area contributed by atoms with Crippen LogP contribution in [0.4, 0.5) is 0 Å². The summed E-state index contributed by atoms with van der Waals surface area (Å²) in [5, 5.41) is 2.83. The number of carbonyl (C=O) groups excluding carboxylic acids is 1. The molecule has 0 aliphatic carbocycles. The fourth-order valence-corrected chi connectivity index (χ4v) is 1.69. The number of hydrogen-bond acceptors (Lipinski definition) is 2. The van der Waals surface area contributed by atoms with Crippen molar-refractivity contribution >= 4 is 17.7 Å². The Balaban J connectivity index is 0. The van der Waals surface area contributed by atoms with Crippen LogP contribution in [-0.2, 0) is 4.79 Å². The first-order valence-corrected chi connectivity index (χ1v) is 5.42. The highest BCUT2D eigenvalue weighted by molar-refractivity contribution is 7.98. The van der Waals surface area contributed by atoms with E-state index in [0.29, 0.717) is 0 Å². The lowest BCUT2D eigenvalue weighted by molar-refractivity contribution is -0.124. The molecule has 0 radical (unpaired) electrons. The predicted molar refractivity (Wildman–Crippen MR) is 53.0 cm³/mol. The minimum atomic E-state index is 0. The van der Waals surface area contributed by atoms with Gasteiger partial charge in [0.05, 0.1) is 0 Å². The molecule has 2 nitrogen and oxygen atoms in total. The second-order valence-corrected chi connectivity index (χ2v) is 3.37. The minimum Gasteiger partial charge on any atom is -0.356 e. The van der Waals surface area contributed by atoms with Crippen molar-refractivity contribution in [1.82, 2.24) is 5.32 Å². The lowest BCUT2D eigenvalue weighted by atomic mass is 10.1. The molecule has 0 bridgehead atoms. The van der Waals surface area contributed by atoms with Gasteiger partial charge in [-0.3, -0.25) is 4.79 Å². The van der Waals surface area contributed by atoms with Gasteiger partial charge in [-0.2, -0.15) is 11.8 Å². The van der Waals surface area contributed by atoms with E-state index in [0.717, 1.165) is 18.7 Å². The Labute approximate surface area is 74.6 Å². The van der Waals surface area contributed by atoms with E-state index >= 15 is 0 Å². The van der Waals surface area contributed by atoms with E-state index in [1.54, 1.807) is 11.8 Å². The molecule has 68 valence electrons. The quantitative estimate of drug-likeness (QED) is 0.693. The second-order valence-electron chi connectivity index (χ2n) is 2.46. The summed E-state index contributed by atoms with van der Waals surface area (Å²) in [6, 6.07) is 0. The van der Waals surface area contributed by atoms with Crippen molar-refractivity contribution < 1.29 is 6.22 Å². The van der Waals surface area contributed by atoms with Gasteiger partial charge in [0.15, 0.2) is 0 Å². The number of amides is 1. The molecular formula is C8H19NOS. The van der Waals surface area contributed by atoms with Crippen LogP contribution in [-0.4, -0.2) is 24.5 Å². The van der Waals surface area contributed by atoms with E-state index in [1.807, 2.05) is 13.2 Å². The van der Waals surface area contributed by atoms with Crippen molar-refractivity contribution in [1.29, 1.82) is 0 Å². The number of rotatable bonds is 5. The lowest BCUT2D eigenvalue weighted by Gasteiger charge is -2.11. The van der Waals surface area contributed by atoms with Gasteiger partial charge in [-0.05, 0) is 19.6 Å². The molecule has 0 aromatic carbocycles. The maximum Gasteiger partial charge on any atom is 0.223 e. The smallest absolute Gasteiger partial charge is 0.223 e. The van der Waals surface area contributed by atoms with E-state index in [1.165, 1.54) is 0 Å². The predicted octanol–water partition coefficient (Wildman–Crippen LogP) is 1.76. The largest absolute Gasteiger partial charge is 0.356 e. The summed E-state index contributed by atoms with van der Waals surface area (Å²) in [6.07, 6.45) is 2.97. The molecule has 0 heterocycles. The van der Waals surface area contributed by atoms with Crippen molar-refractivity contribution in [2.75, 3.05) is 18.6 Å². The standard InChI is InChI=1S/C8H17NOS.H2/c1-4-7(6-11-3)8(10)9-5-2;/h7H,4-6H2,1-3H3,(H,9,10);1H. The molecule has 0 aromatic rings. The van der Waals surface area contributed by atoms with Crippen LogP contribution in [0.1, 0.15) is 21.7 Å². The zero-order valence-electron chi connectivity index (χ0n) is 7.52. The Morgan fingerprint density at radius 1 is 1.64 bits per heavy atom. The molecule has 0 saturated carbocycles. The summed E-state index contributed by atoms with van der Waals surface area (Å²) < 4.78 is 0. The topological polar surface area (TPSA) is 29.1 Å². The molecule has 1 N–H and O–H groups in total. The normalized spacial score (nSPS) is 12.6. The summed E-state index contributed by atoms with van der Waals surface area (Å²) in [7, 11) is 0. The van der Waals surface area contributed by atoms with Crippen molar-refractivity contribution in [3.63, 3.8) is 0 Å². The van der Waals surface area contributed by atoms with E-state index in [9.17, 15) is 4.79 Å². The van der Waals surface area contributed by atoms with Crippen molar-refractivity contribution in [2.24, 2.45) is 5.92 Å². The summed E-state index contributed by atoms with van der Waals surface area (Å²) in [4.78, 5) is 11.2. The third-order valence-electron chi connectivity index (χ3n) is 1.58. The first kappa shape index (κ1) is 10.8. The third kappa shape index (κ3) is 4.30. The Morgan fingerprint density at radius 2 is 2.27 bits per heavy atom. The molecule has 11 heavy (non-hydrogen) atoms. The molecule has 0 saturated heterocycles. The van der Waals surface area contributed by atoms with E-state index < -0.39 is 0 Å². The SMILES string of the molecule is CCNC(=O)C(CC)CSC.[HH]. The zero-order chi connectivity index (χ0) is 8.69. The molecule has 1 amide bonds. The maximum absolute atomic E-state index is 11.2. The highest BCUT2D eigenvalue weighted by Crippen LogP contribution is 2.09. The van der Waals surface area contributed by atoms with Crippen LogP contribution in [0.5, 0.6) is 0 Å². The minimum absolute atomic E-state index is 0. The molecule has 0 rings (SSSR count). The van der Waals surface area contributed by atoms with Crippen LogP contribution >= 0.6 is 11.8 Å². The van der Waals surface area contributed by atoms with Gasteiger partial charge in [0.25, 0.3) is 0 Å². The van der Waals surface area contributed by atoms with Gasteiger partial charge in [-0.15, -0.1) is 0 Å². The molecule has 0 aliphatic heterocycles. The van der Waals surface area contributed by atoms with Crippen LogP contribution in [0.25, 0.3) is 0 Å². The number of thioether (sulfide) groups is 1. The highest BCUT2D eigenvalue weighted by atomic mass is 32.2. The van der Waals surface area contributed by atoms with Crippen molar-refractivity contribution in [2.45, 2.75) is 20.3 Å². The van der Waals surface area contributed by atoms with Gasteiger partial charge in [-0.25, -0.2) is 0 Å². The maximum atomic E-state index is 11.2. The number of carbonyl (C=O) groups is 1. The van der Waals surface area contributed by atoms with E-state index in [2.05, 4.69) is 12.2 Å². The summed E-state index contributed by atoms with van der Waals surface area (Å²) in [5.74, 6) is 1.33. The van der Waals surface area contributed by atoms with Crippen LogP contribution in [0.2, 0.25) is 0 Å². The fraction of sp³-hybridized carbons (Fsp3) is 0.875. The number of nitrogens with one attached hydrogen (secondary N) is 1. The van der Waals surface area contributed by atoms with Gasteiger partial charge in [0.2, 0.25) is 5.91 Å². The Kier molecular flexibility index (Phi) is 6.42. The summed E-state index contributed by atoms with van der Waals surface area (Å²) >= 11 is 1.73. The Bertz CT molecular complexity index is 122. The average Bonchev–Trinajstić information content (AvgIpc) is 2.00. The summed E-state index contributed by atoms with van der Waals surface area (Å²) in [5.41, 5.74) is 0. The highest BCUT2D eigenvalue weighted by Gasteiger charge is 2.13. The van der Waals surface area contributed by atoms with Crippen molar-refractivity contribution in [3.05, 3.63) is 0 Å². The monoisotopic (exact) mass is 177 g/mol. The molecule has 0 aliphatic rings. The fourth-order valence-electron chi connectivity index (χ4n) is 0.899. The molecule has 0 spiro atoms. The molecule has 1 unspecified atom stereocenters. The average molecular weight is 177 g/mol. The van der Waals surface area contributed by atoms with Crippen molar-refractivity contribution in [3.8, 4) is 0 Å². The Morgan fingerprint density at radius 3 is 2.64 bits per heavy atom. The Hall–Kier alpha value is -0.180. The second kappa shape index (κ2) is 6.53. The van der Waals surface area contributed by atoms with Crippen LogP contribution in [0.3, 0.4) is 0 Å². The molecule has 3 heteroatoms. The van der Waals surface area contributed by atoms with Gasteiger partial charge in [0.1, 0.15) is 0 Å². The van der Waals surface area contributed by atoms with E-state index in [-0.39, 0.29) is 13.3 Å². The lowest BCUT2D eigenvalue weighted by Crippen LogP contribution is -2.31. The molecule has 0 fully saturated rings. The first-order valence-electron chi connectivity index (χ1n) is 4.02.